The summed E-state index contributed by atoms with van der Waals surface area (Å²) in [4.78, 5) is 2.18. The van der Waals surface area contributed by atoms with Gasteiger partial charge in [-0.15, -0.1) is 0 Å². The highest BCUT2D eigenvalue weighted by molar-refractivity contribution is 6.30. The first-order valence-electron chi connectivity index (χ1n) is 5.65. The Bertz CT molecular complexity index is 489. The zero-order valence-corrected chi connectivity index (χ0v) is 10.9. The zero-order chi connectivity index (χ0) is 12.3. The quantitative estimate of drug-likeness (QED) is 0.788. The van der Waals surface area contributed by atoms with Crippen molar-refractivity contribution in [2.45, 2.75) is 6.54 Å². The molecule has 0 aliphatic rings. The van der Waals surface area contributed by atoms with Gasteiger partial charge in [0.05, 0.1) is 0 Å². The SMILES string of the molecule is CN(C)Cc1ccccc1-c1ccc(Cl)cc1. The second-order valence-electron chi connectivity index (χ2n) is 4.40. The third-order valence-electron chi connectivity index (χ3n) is 2.66. The van der Waals surface area contributed by atoms with E-state index in [1.54, 1.807) is 0 Å². The van der Waals surface area contributed by atoms with Crippen LogP contribution in [0.2, 0.25) is 5.02 Å². The van der Waals surface area contributed by atoms with Crippen molar-refractivity contribution in [3.05, 3.63) is 59.1 Å². The lowest BCUT2D eigenvalue weighted by atomic mass is 9.99. The minimum absolute atomic E-state index is 0.777. The summed E-state index contributed by atoms with van der Waals surface area (Å²) in [5.74, 6) is 0. The molecule has 0 aliphatic carbocycles. The first-order chi connectivity index (χ1) is 8.16. The van der Waals surface area contributed by atoms with E-state index < -0.39 is 0 Å². The molecule has 0 bridgehead atoms. The number of hydrogen-bond acceptors (Lipinski definition) is 1. The lowest BCUT2D eigenvalue weighted by Crippen LogP contribution is -2.11. The summed E-state index contributed by atoms with van der Waals surface area (Å²) in [6.07, 6.45) is 0. The molecule has 0 atom stereocenters. The fraction of sp³-hybridized carbons (Fsp3) is 0.200. The van der Waals surface area contributed by atoms with Gasteiger partial charge in [-0.1, -0.05) is 48.0 Å². The van der Waals surface area contributed by atoms with Crippen LogP contribution in [0.15, 0.2) is 48.5 Å². The van der Waals surface area contributed by atoms with E-state index in [-0.39, 0.29) is 0 Å². The molecule has 0 aliphatic heterocycles. The molecule has 2 aromatic carbocycles. The van der Waals surface area contributed by atoms with E-state index in [4.69, 9.17) is 11.6 Å². The highest BCUT2D eigenvalue weighted by Crippen LogP contribution is 2.25. The molecular formula is C15H16ClN. The number of nitrogens with zero attached hydrogens (tertiary/aromatic N) is 1. The van der Waals surface area contributed by atoms with Crippen LogP contribution in [-0.2, 0) is 6.54 Å². The van der Waals surface area contributed by atoms with Gasteiger partial charge in [0.25, 0.3) is 0 Å². The number of hydrogen-bond donors (Lipinski definition) is 0. The van der Waals surface area contributed by atoms with Crippen molar-refractivity contribution >= 4 is 11.6 Å². The van der Waals surface area contributed by atoms with E-state index >= 15 is 0 Å². The molecule has 0 aromatic heterocycles. The van der Waals surface area contributed by atoms with Crippen LogP contribution in [0.3, 0.4) is 0 Å². The van der Waals surface area contributed by atoms with Gasteiger partial charge in [-0.25, -0.2) is 0 Å². The lowest BCUT2D eigenvalue weighted by molar-refractivity contribution is 0.403. The molecule has 2 aromatic rings. The Balaban J connectivity index is 2.40. The molecular weight excluding hydrogens is 230 g/mol. The topological polar surface area (TPSA) is 3.24 Å². The highest BCUT2D eigenvalue weighted by atomic mass is 35.5. The van der Waals surface area contributed by atoms with Crippen molar-refractivity contribution in [1.29, 1.82) is 0 Å². The van der Waals surface area contributed by atoms with E-state index in [2.05, 4.69) is 55.4 Å². The van der Waals surface area contributed by atoms with Crippen LogP contribution in [0, 0.1) is 0 Å². The minimum atomic E-state index is 0.777. The Labute approximate surface area is 108 Å². The van der Waals surface area contributed by atoms with Crippen molar-refractivity contribution in [2.75, 3.05) is 14.1 Å². The van der Waals surface area contributed by atoms with Crippen LogP contribution < -0.4 is 0 Å². The van der Waals surface area contributed by atoms with Crippen LogP contribution in [0.25, 0.3) is 11.1 Å². The predicted octanol–water partition coefficient (Wildman–Crippen LogP) is 4.07. The van der Waals surface area contributed by atoms with Gasteiger partial charge in [-0.05, 0) is 42.9 Å². The van der Waals surface area contributed by atoms with Crippen molar-refractivity contribution in [3.63, 3.8) is 0 Å². The van der Waals surface area contributed by atoms with Gasteiger partial charge in [-0.3, -0.25) is 0 Å². The number of benzene rings is 2. The molecule has 1 nitrogen and oxygen atoms in total. The summed E-state index contributed by atoms with van der Waals surface area (Å²) in [7, 11) is 4.16. The maximum absolute atomic E-state index is 5.92. The summed E-state index contributed by atoms with van der Waals surface area (Å²) < 4.78 is 0. The molecule has 0 saturated carbocycles. The summed E-state index contributed by atoms with van der Waals surface area (Å²) in [5.41, 5.74) is 3.82. The first-order valence-corrected chi connectivity index (χ1v) is 6.03. The molecule has 0 spiro atoms. The smallest absolute Gasteiger partial charge is 0.0406 e. The molecule has 0 amide bonds. The largest absolute Gasteiger partial charge is 0.305 e. The maximum Gasteiger partial charge on any atom is 0.0406 e. The molecule has 0 unspecified atom stereocenters. The highest BCUT2D eigenvalue weighted by Gasteiger charge is 2.05. The summed E-state index contributed by atoms with van der Waals surface area (Å²) in [6.45, 7) is 0.943. The van der Waals surface area contributed by atoms with Crippen LogP contribution in [-0.4, -0.2) is 19.0 Å². The van der Waals surface area contributed by atoms with Crippen LogP contribution in [0.5, 0.6) is 0 Å². The second-order valence-corrected chi connectivity index (χ2v) is 4.84. The van der Waals surface area contributed by atoms with Crippen molar-refractivity contribution in [1.82, 2.24) is 4.90 Å². The molecule has 2 heteroatoms. The third-order valence-corrected chi connectivity index (χ3v) is 2.91. The fourth-order valence-corrected chi connectivity index (χ4v) is 2.04. The second kappa shape index (κ2) is 5.35. The molecule has 0 fully saturated rings. The molecule has 2 rings (SSSR count). The Morgan fingerprint density at radius 2 is 1.59 bits per heavy atom. The standard InChI is InChI=1S/C15H16ClN/c1-17(2)11-13-5-3-4-6-15(13)12-7-9-14(16)10-8-12/h3-10H,11H2,1-2H3. The van der Waals surface area contributed by atoms with Gasteiger partial charge in [0, 0.05) is 11.6 Å². The predicted molar refractivity (Wildman–Crippen MR) is 74.3 cm³/mol. The van der Waals surface area contributed by atoms with Gasteiger partial charge in [0.2, 0.25) is 0 Å². The number of halogens is 1. The Hall–Kier alpha value is -1.31. The van der Waals surface area contributed by atoms with Gasteiger partial charge in [-0.2, -0.15) is 0 Å². The molecule has 17 heavy (non-hydrogen) atoms. The van der Waals surface area contributed by atoms with E-state index in [1.807, 2.05) is 12.1 Å². The number of rotatable bonds is 3. The van der Waals surface area contributed by atoms with Crippen molar-refractivity contribution in [2.24, 2.45) is 0 Å². The van der Waals surface area contributed by atoms with Crippen LogP contribution in [0.4, 0.5) is 0 Å². The minimum Gasteiger partial charge on any atom is -0.305 e. The fourth-order valence-electron chi connectivity index (χ4n) is 1.91. The first kappa shape index (κ1) is 12.2. The van der Waals surface area contributed by atoms with Crippen LogP contribution >= 0.6 is 11.6 Å². The molecule has 0 heterocycles. The van der Waals surface area contributed by atoms with Crippen molar-refractivity contribution < 1.29 is 0 Å². The average molecular weight is 246 g/mol. The Kier molecular flexibility index (Phi) is 3.82. The molecule has 0 saturated heterocycles. The van der Waals surface area contributed by atoms with Crippen molar-refractivity contribution in [3.8, 4) is 11.1 Å². The third kappa shape index (κ3) is 3.09. The average Bonchev–Trinajstić information content (AvgIpc) is 2.30. The Morgan fingerprint density at radius 3 is 2.24 bits per heavy atom. The molecule has 0 N–H and O–H groups in total. The van der Waals surface area contributed by atoms with E-state index in [0.29, 0.717) is 0 Å². The van der Waals surface area contributed by atoms with E-state index in [1.165, 1.54) is 16.7 Å². The van der Waals surface area contributed by atoms with Gasteiger partial charge in [0.15, 0.2) is 0 Å². The van der Waals surface area contributed by atoms with E-state index in [9.17, 15) is 0 Å². The lowest BCUT2D eigenvalue weighted by Gasteiger charge is -2.14. The maximum atomic E-state index is 5.92. The Morgan fingerprint density at radius 1 is 0.941 bits per heavy atom. The summed E-state index contributed by atoms with van der Waals surface area (Å²) in [6, 6.07) is 16.5. The van der Waals surface area contributed by atoms with Gasteiger partial charge >= 0.3 is 0 Å². The van der Waals surface area contributed by atoms with Gasteiger partial charge < -0.3 is 4.90 Å². The molecule has 88 valence electrons. The normalized spacial score (nSPS) is 10.8. The van der Waals surface area contributed by atoms with Gasteiger partial charge in [0.1, 0.15) is 0 Å². The summed E-state index contributed by atoms with van der Waals surface area (Å²) in [5, 5.41) is 0.777. The monoisotopic (exact) mass is 245 g/mol. The molecule has 0 radical (unpaired) electrons. The van der Waals surface area contributed by atoms with Crippen LogP contribution in [0.1, 0.15) is 5.56 Å². The summed E-state index contributed by atoms with van der Waals surface area (Å²) >= 11 is 5.92. The van der Waals surface area contributed by atoms with E-state index in [0.717, 1.165) is 11.6 Å². The zero-order valence-electron chi connectivity index (χ0n) is 10.2.